The van der Waals surface area contributed by atoms with Crippen LogP contribution in [0.25, 0.3) is 11.3 Å². The van der Waals surface area contributed by atoms with Gasteiger partial charge in [-0.3, -0.25) is 10.1 Å². The van der Waals surface area contributed by atoms with E-state index in [0.29, 0.717) is 26.6 Å². The van der Waals surface area contributed by atoms with Crippen LogP contribution in [0, 0.1) is 17.0 Å². The molecule has 0 fully saturated rings. The average molecular weight is 317 g/mol. The third-order valence-electron chi connectivity index (χ3n) is 2.23. The largest absolute Gasteiger partial charge is 0.342 e. The Morgan fingerprint density at radius 3 is 2.76 bits per heavy atom. The van der Waals surface area contributed by atoms with Gasteiger partial charge >= 0.3 is 0 Å². The highest BCUT2D eigenvalue weighted by Crippen LogP contribution is 2.36. The summed E-state index contributed by atoms with van der Waals surface area (Å²) in [4.78, 5) is 17.5. The standard InChI is InChI=1S/C10H7BrClN3O2/c1-5-13-4-9(14-5)6-2-7(11)8(12)3-10(6)15(16)17/h2-4H,1H3,(H,13,14). The van der Waals surface area contributed by atoms with Gasteiger partial charge in [-0.15, -0.1) is 0 Å². The van der Waals surface area contributed by atoms with Gasteiger partial charge in [0.15, 0.2) is 0 Å². The van der Waals surface area contributed by atoms with Crippen LogP contribution in [-0.2, 0) is 0 Å². The highest BCUT2D eigenvalue weighted by molar-refractivity contribution is 9.10. The lowest BCUT2D eigenvalue weighted by Crippen LogP contribution is -1.93. The number of nitro groups is 1. The summed E-state index contributed by atoms with van der Waals surface area (Å²) >= 11 is 9.09. The molecule has 7 heteroatoms. The lowest BCUT2D eigenvalue weighted by molar-refractivity contribution is -0.384. The SMILES string of the molecule is Cc1ncc(-c2cc(Br)c(Cl)cc2[N+](=O)[O-])[nH]1. The molecule has 0 aliphatic heterocycles. The molecule has 1 heterocycles. The second-order valence-electron chi connectivity index (χ2n) is 3.42. The Labute approximate surface area is 110 Å². The number of imidazole rings is 1. The zero-order valence-electron chi connectivity index (χ0n) is 8.70. The molecular weight excluding hydrogens is 309 g/mol. The van der Waals surface area contributed by atoms with Crippen LogP contribution in [0.2, 0.25) is 5.02 Å². The minimum atomic E-state index is -0.468. The Kier molecular flexibility index (Phi) is 3.17. The van der Waals surface area contributed by atoms with Gasteiger partial charge in [0.05, 0.1) is 27.4 Å². The van der Waals surface area contributed by atoms with Crippen LogP contribution >= 0.6 is 27.5 Å². The second kappa shape index (κ2) is 4.46. The molecule has 0 amide bonds. The lowest BCUT2D eigenvalue weighted by Gasteiger charge is -2.03. The molecule has 88 valence electrons. The zero-order valence-corrected chi connectivity index (χ0v) is 11.0. The molecule has 0 saturated carbocycles. The number of nitrogens with one attached hydrogen (secondary N) is 1. The fourth-order valence-electron chi connectivity index (χ4n) is 1.46. The van der Waals surface area contributed by atoms with E-state index in [0.717, 1.165) is 0 Å². The van der Waals surface area contributed by atoms with Crippen LogP contribution in [0.4, 0.5) is 5.69 Å². The van der Waals surface area contributed by atoms with Crippen molar-refractivity contribution in [3.05, 3.63) is 43.8 Å². The molecule has 0 saturated heterocycles. The first-order valence-corrected chi connectivity index (χ1v) is 5.81. The Morgan fingerprint density at radius 2 is 2.24 bits per heavy atom. The molecule has 0 aliphatic carbocycles. The highest BCUT2D eigenvalue weighted by Gasteiger charge is 2.19. The van der Waals surface area contributed by atoms with Crippen molar-refractivity contribution in [3.63, 3.8) is 0 Å². The summed E-state index contributed by atoms with van der Waals surface area (Å²) in [5, 5.41) is 11.3. The number of hydrogen-bond acceptors (Lipinski definition) is 3. The van der Waals surface area contributed by atoms with E-state index in [1.54, 1.807) is 19.2 Å². The number of aryl methyl sites for hydroxylation is 1. The molecule has 1 aromatic carbocycles. The van der Waals surface area contributed by atoms with Gasteiger partial charge in [0, 0.05) is 10.5 Å². The number of halogens is 2. The van der Waals surface area contributed by atoms with Gasteiger partial charge in [-0.05, 0) is 28.9 Å². The summed E-state index contributed by atoms with van der Waals surface area (Å²) in [5.41, 5.74) is 0.986. The number of aromatic nitrogens is 2. The van der Waals surface area contributed by atoms with Crippen molar-refractivity contribution in [2.45, 2.75) is 6.92 Å². The number of H-pyrrole nitrogens is 1. The first kappa shape index (κ1) is 12.1. The maximum absolute atomic E-state index is 11.0. The van der Waals surface area contributed by atoms with Gasteiger partial charge in [0.1, 0.15) is 5.82 Å². The quantitative estimate of drug-likeness (QED) is 0.678. The van der Waals surface area contributed by atoms with Crippen LogP contribution < -0.4 is 0 Å². The molecule has 0 bridgehead atoms. The Morgan fingerprint density at radius 1 is 1.53 bits per heavy atom. The molecule has 0 aliphatic rings. The van der Waals surface area contributed by atoms with Gasteiger partial charge in [-0.2, -0.15) is 0 Å². The van der Waals surface area contributed by atoms with Crippen molar-refractivity contribution in [1.29, 1.82) is 0 Å². The maximum atomic E-state index is 11.0. The molecule has 0 atom stereocenters. The van der Waals surface area contributed by atoms with E-state index in [-0.39, 0.29) is 5.69 Å². The van der Waals surface area contributed by atoms with Gasteiger partial charge in [0.25, 0.3) is 5.69 Å². The molecule has 2 aromatic rings. The Balaban J connectivity index is 2.67. The minimum absolute atomic E-state index is 0.0538. The van der Waals surface area contributed by atoms with E-state index in [1.807, 2.05) is 0 Å². The highest BCUT2D eigenvalue weighted by atomic mass is 79.9. The van der Waals surface area contributed by atoms with Crippen LogP contribution in [0.3, 0.4) is 0 Å². The first-order chi connectivity index (χ1) is 7.99. The van der Waals surface area contributed by atoms with Gasteiger partial charge < -0.3 is 4.98 Å². The predicted octanol–water partition coefficient (Wildman–Crippen LogP) is 3.71. The van der Waals surface area contributed by atoms with Crippen LogP contribution in [0.5, 0.6) is 0 Å². The molecule has 2 rings (SSSR count). The van der Waals surface area contributed by atoms with E-state index < -0.39 is 4.92 Å². The summed E-state index contributed by atoms with van der Waals surface area (Å²) in [5.74, 6) is 0.695. The molecule has 1 aromatic heterocycles. The van der Waals surface area contributed by atoms with Crippen molar-refractivity contribution in [1.82, 2.24) is 9.97 Å². The maximum Gasteiger partial charge on any atom is 0.280 e. The summed E-state index contributed by atoms with van der Waals surface area (Å²) in [6.07, 6.45) is 1.55. The van der Waals surface area contributed by atoms with Crippen LogP contribution in [0.1, 0.15) is 5.82 Å². The van der Waals surface area contributed by atoms with Crippen molar-refractivity contribution in [3.8, 4) is 11.3 Å². The number of aromatic amines is 1. The van der Waals surface area contributed by atoms with Crippen molar-refractivity contribution in [2.24, 2.45) is 0 Å². The predicted molar refractivity (Wildman–Crippen MR) is 68.1 cm³/mol. The van der Waals surface area contributed by atoms with Crippen LogP contribution in [-0.4, -0.2) is 14.9 Å². The number of rotatable bonds is 2. The van der Waals surface area contributed by atoms with Crippen molar-refractivity contribution < 1.29 is 4.92 Å². The zero-order chi connectivity index (χ0) is 12.6. The number of hydrogen-bond donors (Lipinski definition) is 1. The topological polar surface area (TPSA) is 71.8 Å². The monoisotopic (exact) mass is 315 g/mol. The Bertz CT molecular complexity index is 597. The second-order valence-corrected chi connectivity index (χ2v) is 4.68. The molecule has 0 unspecified atom stereocenters. The van der Waals surface area contributed by atoms with Crippen LogP contribution in [0.15, 0.2) is 22.8 Å². The first-order valence-electron chi connectivity index (χ1n) is 4.64. The third kappa shape index (κ3) is 2.32. The van der Waals surface area contributed by atoms with Crippen molar-refractivity contribution >= 4 is 33.2 Å². The number of nitro benzene ring substituents is 1. The van der Waals surface area contributed by atoms with Gasteiger partial charge in [-0.25, -0.2) is 4.98 Å². The van der Waals surface area contributed by atoms with Crippen molar-refractivity contribution in [2.75, 3.05) is 0 Å². The normalized spacial score (nSPS) is 10.5. The van der Waals surface area contributed by atoms with E-state index in [1.165, 1.54) is 6.07 Å². The van der Waals surface area contributed by atoms with E-state index in [2.05, 4.69) is 25.9 Å². The van der Waals surface area contributed by atoms with Gasteiger partial charge in [0.2, 0.25) is 0 Å². The smallest absolute Gasteiger partial charge is 0.280 e. The molecular formula is C10H7BrClN3O2. The molecule has 5 nitrogen and oxygen atoms in total. The summed E-state index contributed by atoms with van der Waals surface area (Å²) < 4.78 is 0.604. The summed E-state index contributed by atoms with van der Waals surface area (Å²) in [6.45, 7) is 1.78. The van der Waals surface area contributed by atoms with E-state index in [9.17, 15) is 10.1 Å². The minimum Gasteiger partial charge on any atom is -0.342 e. The average Bonchev–Trinajstić information content (AvgIpc) is 2.68. The molecule has 0 spiro atoms. The third-order valence-corrected chi connectivity index (χ3v) is 3.43. The molecule has 17 heavy (non-hydrogen) atoms. The fourth-order valence-corrected chi connectivity index (χ4v) is 1.96. The van der Waals surface area contributed by atoms with Gasteiger partial charge in [-0.1, -0.05) is 11.6 Å². The van der Waals surface area contributed by atoms with E-state index >= 15 is 0 Å². The number of benzene rings is 1. The summed E-state index contributed by atoms with van der Waals surface area (Å²) in [6, 6.07) is 2.92. The summed E-state index contributed by atoms with van der Waals surface area (Å²) in [7, 11) is 0. The lowest BCUT2D eigenvalue weighted by atomic mass is 10.1. The van der Waals surface area contributed by atoms with E-state index in [4.69, 9.17) is 11.6 Å². The number of nitrogens with zero attached hydrogens (tertiary/aromatic N) is 2. The fraction of sp³-hybridized carbons (Fsp3) is 0.100. The Hall–Kier alpha value is -1.40. The molecule has 1 N–H and O–H groups in total. The molecule has 0 radical (unpaired) electrons.